The summed E-state index contributed by atoms with van der Waals surface area (Å²) in [6, 6.07) is 15.4. The first kappa shape index (κ1) is 32.7. The van der Waals surface area contributed by atoms with Gasteiger partial charge in [-0.15, -0.1) is 24.8 Å². The van der Waals surface area contributed by atoms with Gasteiger partial charge in [0.2, 0.25) is 0 Å². The maximum absolute atomic E-state index is 14.2. The van der Waals surface area contributed by atoms with Crippen molar-refractivity contribution in [1.82, 2.24) is 14.5 Å². The Hall–Kier alpha value is -4.80. The van der Waals surface area contributed by atoms with Gasteiger partial charge in [0, 0.05) is 34.9 Å². The standard InChI is InChI=1S/C31H28N4O6.2ClH/c1-18-26(38-2)13-19(14-27(18)39-3)28-24-10-9-23(41-17-21-16-33-11-12-34-21)15-25(24)30(36)35(29(28)31(37)40-4)22-7-5-20(32)6-8-22;;/h5-16H,17,32H2,1-4H3;2*1H. The van der Waals surface area contributed by atoms with Gasteiger partial charge < -0.3 is 24.7 Å². The number of halogens is 2. The van der Waals surface area contributed by atoms with Gasteiger partial charge in [-0.2, -0.15) is 0 Å². The van der Waals surface area contributed by atoms with Gasteiger partial charge in [-0.3, -0.25) is 19.3 Å². The van der Waals surface area contributed by atoms with Crippen molar-refractivity contribution >= 4 is 47.2 Å². The Bertz CT molecular complexity index is 1790. The molecule has 2 aromatic heterocycles. The predicted octanol–water partition coefficient (Wildman–Crippen LogP) is 5.56. The number of nitrogens with two attached hydrogens (primary N) is 1. The number of anilines is 1. The van der Waals surface area contributed by atoms with Crippen LogP contribution in [0, 0.1) is 6.92 Å². The van der Waals surface area contributed by atoms with Gasteiger partial charge in [0.25, 0.3) is 5.56 Å². The zero-order valence-corrected chi connectivity index (χ0v) is 25.5. The smallest absolute Gasteiger partial charge is 0.355 e. The summed E-state index contributed by atoms with van der Waals surface area (Å²) >= 11 is 0. The van der Waals surface area contributed by atoms with Crippen LogP contribution in [0.4, 0.5) is 5.69 Å². The Balaban J connectivity index is 0.00000253. The highest BCUT2D eigenvalue weighted by Crippen LogP contribution is 2.40. The molecule has 0 aliphatic rings. The number of hydrogen-bond donors (Lipinski definition) is 1. The molecule has 0 bridgehead atoms. The zero-order chi connectivity index (χ0) is 29.1. The number of aromatic nitrogens is 3. The third kappa shape index (κ3) is 6.35. The third-order valence-corrected chi connectivity index (χ3v) is 6.73. The topological polar surface area (TPSA) is 128 Å². The number of benzene rings is 3. The minimum atomic E-state index is -0.697. The van der Waals surface area contributed by atoms with Crippen LogP contribution in [0.15, 0.2) is 78.0 Å². The number of methoxy groups -OCH3 is 3. The van der Waals surface area contributed by atoms with Crippen LogP contribution in [-0.2, 0) is 11.3 Å². The fraction of sp³-hybridized carbons (Fsp3) is 0.161. The number of nitrogens with zero attached hydrogens (tertiary/aromatic N) is 3. The molecule has 3 aromatic carbocycles. The van der Waals surface area contributed by atoms with E-state index in [0.717, 1.165) is 5.56 Å². The second kappa shape index (κ2) is 13.9. The summed E-state index contributed by atoms with van der Waals surface area (Å²) in [5, 5.41) is 0.835. The average Bonchev–Trinajstić information content (AvgIpc) is 3.01. The summed E-state index contributed by atoms with van der Waals surface area (Å²) in [6.45, 7) is 2.03. The van der Waals surface area contributed by atoms with Crippen molar-refractivity contribution in [2.75, 3.05) is 27.1 Å². The number of fused-ring (bicyclic) bond motifs is 1. The maximum Gasteiger partial charge on any atom is 0.355 e. The molecule has 0 amide bonds. The van der Waals surface area contributed by atoms with Crippen LogP contribution in [0.25, 0.3) is 27.6 Å². The molecule has 0 unspecified atom stereocenters. The van der Waals surface area contributed by atoms with Crippen LogP contribution >= 0.6 is 24.8 Å². The lowest BCUT2D eigenvalue weighted by molar-refractivity contribution is 0.0591. The molecule has 12 heteroatoms. The number of hydrogen-bond acceptors (Lipinski definition) is 9. The van der Waals surface area contributed by atoms with E-state index in [0.29, 0.717) is 56.2 Å². The number of carbonyl (C=O) groups is 1. The Labute approximate surface area is 260 Å². The van der Waals surface area contributed by atoms with Crippen LogP contribution in [-0.4, -0.2) is 41.8 Å². The molecule has 0 spiro atoms. The molecule has 43 heavy (non-hydrogen) atoms. The normalized spacial score (nSPS) is 10.3. The molecule has 224 valence electrons. The number of carbonyl (C=O) groups excluding carboxylic acids is 1. The van der Waals surface area contributed by atoms with E-state index >= 15 is 0 Å². The molecular weight excluding hydrogens is 595 g/mol. The van der Waals surface area contributed by atoms with Gasteiger partial charge >= 0.3 is 5.97 Å². The second-order valence-electron chi connectivity index (χ2n) is 9.15. The molecule has 0 atom stereocenters. The highest BCUT2D eigenvalue weighted by Gasteiger charge is 2.26. The van der Waals surface area contributed by atoms with E-state index in [1.807, 2.05) is 6.92 Å². The molecule has 0 aliphatic heterocycles. The summed E-state index contributed by atoms with van der Waals surface area (Å²) in [5.74, 6) is 0.854. The minimum absolute atomic E-state index is 0. The van der Waals surface area contributed by atoms with Crippen molar-refractivity contribution in [2.24, 2.45) is 0 Å². The molecule has 2 heterocycles. The quantitative estimate of drug-likeness (QED) is 0.174. The van der Waals surface area contributed by atoms with Crippen molar-refractivity contribution in [3.8, 4) is 34.1 Å². The molecule has 5 rings (SSSR count). The van der Waals surface area contributed by atoms with E-state index in [1.165, 1.54) is 11.7 Å². The Morgan fingerprint density at radius 3 is 2.16 bits per heavy atom. The Morgan fingerprint density at radius 1 is 0.907 bits per heavy atom. The maximum atomic E-state index is 14.2. The van der Waals surface area contributed by atoms with Crippen LogP contribution in [0.2, 0.25) is 0 Å². The Kier molecular flexibility index (Phi) is 10.6. The largest absolute Gasteiger partial charge is 0.496 e. The van der Waals surface area contributed by atoms with E-state index in [-0.39, 0.29) is 37.1 Å². The number of pyridine rings is 1. The van der Waals surface area contributed by atoms with Crippen molar-refractivity contribution in [3.63, 3.8) is 0 Å². The first-order valence-corrected chi connectivity index (χ1v) is 12.6. The number of ether oxygens (including phenoxy) is 4. The highest BCUT2D eigenvalue weighted by molar-refractivity contribution is 6.07. The molecule has 0 aliphatic carbocycles. The van der Waals surface area contributed by atoms with Crippen LogP contribution < -0.4 is 25.5 Å². The van der Waals surface area contributed by atoms with Crippen LogP contribution in [0.1, 0.15) is 21.7 Å². The van der Waals surface area contributed by atoms with Crippen molar-refractivity contribution in [2.45, 2.75) is 13.5 Å². The van der Waals surface area contributed by atoms with Gasteiger partial charge in [-0.05, 0) is 72.5 Å². The number of esters is 1. The van der Waals surface area contributed by atoms with Crippen molar-refractivity contribution in [1.29, 1.82) is 0 Å². The average molecular weight is 626 g/mol. The van der Waals surface area contributed by atoms with E-state index in [2.05, 4.69) is 9.97 Å². The summed E-state index contributed by atoms with van der Waals surface area (Å²) in [5.41, 5.74) is 8.93. The fourth-order valence-electron chi connectivity index (χ4n) is 4.71. The SMILES string of the molecule is COC(=O)c1c(-c2cc(OC)c(C)c(OC)c2)c2ccc(OCc3cnccn3)cc2c(=O)n1-c1ccc(N)cc1.Cl.Cl. The zero-order valence-electron chi connectivity index (χ0n) is 23.8. The van der Waals surface area contributed by atoms with E-state index in [9.17, 15) is 9.59 Å². The second-order valence-corrected chi connectivity index (χ2v) is 9.15. The predicted molar refractivity (Wildman–Crippen MR) is 169 cm³/mol. The van der Waals surface area contributed by atoms with E-state index in [1.54, 1.807) is 87.4 Å². The molecule has 2 N–H and O–H groups in total. The lowest BCUT2D eigenvalue weighted by Crippen LogP contribution is -2.27. The molecule has 10 nitrogen and oxygen atoms in total. The monoisotopic (exact) mass is 624 g/mol. The molecule has 5 aromatic rings. The highest BCUT2D eigenvalue weighted by atomic mass is 35.5. The van der Waals surface area contributed by atoms with Gasteiger partial charge in [-0.1, -0.05) is 0 Å². The number of nitrogen functional groups attached to an aromatic ring is 1. The van der Waals surface area contributed by atoms with Crippen LogP contribution in [0.5, 0.6) is 17.2 Å². The van der Waals surface area contributed by atoms with Gasteiger partial charge in [0.1, 0.15) is 29.5 Å². The third-order valence-electron chi connectivity index (χ3n) is 6.73. The molecule has 0 saturated heterocycles. The van der Waals surface area contributed by atoms with Gasteiger partial charge in [0.05, 0.1) is 38.6 Å². The molecule has 0 radical (unpaired) electrons. The first-order chi connectivity index (χ1) is 19.9. The number of rotatable bonds is 8. The van der Waals surface area contributed by atoms with Gasteiger partial charge in [0.15, 0.2) is 0 Å². The minimum Gasteiger partial charge on any atom is -0.496 e. The van der Waals surface area contributed by atoms with E-state index in [4.69, 9.17) is 24.7 Å². The van der Waals surface area contributed by atoms with Crippen molar-refractivity contribution in [3.05, 3.63) is 100 Å². The van der Waals surface area contributed by atoms with E-state index < -0.39 is 11.5 Å². The first-order valence-electron chi connectivity index (χ1n) is 12.6. The fourth-order valence-corrected chi connectivity index (χ4v) is 4.71. The summed E-state index contributed by atoms with van der Waals surface area (Å²) in [4.78, 5) is 35.9. The Morgan fingerprint density at radius 2 is 1.58 bits per heavy atom. The lowest BCUT2D eigenvalue weighted by atomic mass is 9.94. The lowest BCUT2D eigenvalue weighted by Gasteiger charge is -2.21. The summed E-state index contributed by atoms with van der Waals surface area (Å²) in [7, 11) is 4.38. The van der Waals surface area contributed by atoms with Crippen LogP contribution in [0.3, 0.4) is 0 Å². The summed E-state index contributed by atoms with van der Waals surface area (Å²) in [6.07, 6.45) is 4.76. The van der Waals surface area contributed by atoms with Crippen molar-refractivity contribution < 1.29 is 23.7 Å². The molecular formula is C31H30Cl2N4O6. The summed E-state index contributed by atoms with van der Waals surface area (Å²) < 4.78 is 23.7. The molecule has 0 saturated carbocycles. The molecule has 0 fully saturated rings. The van der Waals surface area contributed by atoms with Gasteiger partial charge in [-0.25, -0.2) is 4.79 Å².